The summed E-state index contributed by atoms with van der Waals surface area (Å²) in [5, 5.41) is 13.1. The second-order valence-electron chi connectivity index (χ2n) is 6.41. The van der Waals surface area contributed by atoms with E-state index >= 15 is 0 Å². The highest BCUT2D eigenvalue weighted by atomic mass is 16.5. The molecule has 0 spiro atoms. The van der Waals surface area contributed by atoms with Gasteiger partial charge in [0.15, 0.2) is 11.5 Å². The maximum Gasteiger partial charge on any atom is 0.231 e. The molecule has 1 aliphatic heterocycles. The van der Waals surface area contributed by atoms with Crippen LogP contribution in [-0.2, 0) is 6.54 Å². The van der Waals surface area contributed by atoms with Crippen LogP contribution in [0.5, 0.6) is 5.88 Å². The summed E-state index contributed by atoms with van der Waals surface area (Å²) in [6.07, 6.45) is 5.69. The molecule has 0 aromatic carbocycles. The molecule has 0 saturated carbocycles. The number of likely N-dealkylation sites (tertiary alicyclic amines) is 1. The maximum absolute atomic E-state index is 5.22. The van der Waals surface area contributed by atoms with Crippen LogP contribution in [0.1, 0.15) is 36.0 Å². The zero-order valence-corrected chi connectivity index (χ0v) is 14.5. The third kappa shape index (κ3) is 3.30. The first-order chi connectivity index (χ1) is 12.2. The molecule has 4 heterocycles. The lowest BCUT2D eigenvalue weighted by Crippen LogP contribution is -2.33. The van der Waals surface area contributed by atoms with Gasteiger partial charge in [-0.05, 0) is 38.9 Å². The van der Waals surface area contributed by atoms with Crippen molar-refractivity contribution in [3.63, 3.8) is 0 Å². The van der Waals surface area contributed by atoms with Crippen LogP contribution in [0.3, 0.4) is 0 Å². The fraction of sp³-hybridized carbons (Fsp3) is 0.471. The minimum absolute atomic E-state index is 0.356. The van der Waals surface area contributed by atoms with Crippen LogP contribution >= 0.6 is 0 Å². The summed E-state index contributed by atoms with van der Waals surface area (Å²) < 4.78 is 7.03. The lowest BCUT2D eigenvalue weighted by Gasteiger charge is -2.30. The van der Waals surface area contributed by atoms with E-state index in [4.69, 9.17) is 4.74 Å². The quantitative estimate of drug-likeness (QED) is 0.714. The van der Waals surface area contributed by atoms with E-state index in [1.165, 1.54) is 0 Å². The molecule has 0 bridgehead atoms. The Kier molecular flexibility index (Phi) is 4.27. The monoisotopic (exact) mass is 339 g/mol. The molecule has 8 heteroatoms. The summed E-state index contributed by atoms with van der Waals surface area (Å²) in [5.74, 6) is 1.85. The number of aromatic nitrogens is 6. The summed E-state index contributed by atoms with van der Waals surface area (Å²) in [6, 6.07) is 3.69. The van der Waals surface area contributed by atoms with Crippen molar-refractivity contribution in [2.24, 2.45) is 0 Å². The maximum atomic E-state index is 5.22. The van der Waals surface area contributed by atoms with Gasteiger partial charge in [-0.25, -0.2) is 0 Å². The summed E-state index contributed by atoms with van der Waals surface area (Å²) in [6.45, 7) is 4.81. The van der Waals surface area contributed by atoms with Crippen molar-refractivity contribution < 1.29 is 4.74 Å². The third-order valence-corrected chi connectivity index (χ3v) is 4.61. The predicted molar refractivity (Wildman–Crippen MR) is 91.4 cm³/mol. The first kappa shape index (κ1) is 15.9. The molecule has 25 heavy (non-hydrogen) atoms. The van der Waals surface area contributed by atoms with E-state index in [9.17, 15) is 0 Å². The molecule has 0 amide bonds. The molecule has 0 atom stereocenters. The molecule has 4 rings (SSSR count). The van der Waals surface area contributed by atoms with Crippen molar-refractivity contribution in [2.45, 2.75) is 32.2 Å². The summed E-state index contributed by atoms with van der Waals surface area (Å²) >= 11 is 0. The molecule has 0 unspecified atom stereocenters. The number of nitrogens with zero attached hydrogens (tertiary/aromatic N) is 7. The number of aryl methyl sites for hydroxylation is 1. The predicted octanol–water partition coefficient (Wildman–Crippen LogP) is 1.61. The van der Waals surface area contributed by atoms with Crippen molar-refractivity contribution >= 4 is 5.65 Å². The molecule has 8 nitrogen and oxygen atoms in total. The fourth-order valence-corrected chi connectivity index (χ4v) is 3.32. The van der Waals surface area contributed by atoms with Gasteiger partial charge in [-0.15, -0.1) is 15.3 Å². The first-order valence-corrected chi connectivity index (χ1v) is 8.49. The van der Waals surface area contributed by atoms with Crippen molar-refractivity contribution in [1.29, 1.82) is 0 Å². The largest absolute Gasteiger partial charge is 0.480 e. The number of hydrogen-bond acceptors (Lipinski definition) is 7. The van der Waals surface area contributed by atoms with Gasteiger partial charge in [0.25, 0.3) is 0 Å². The van der Waals surface area contributed by atoms with Crippen molar-refractivity contribution in [3.8, 4) is 5.88 Å². The molecule has 1 saturated heterocycles. The topological polar surface area (TPSA) is 81.3 Å². The van der Waals surface area contributed by atoms with E-state index in [1.54, 1.807) is 19.4 Å². The lowest BCUT2D eigenvalue weighted by atomic mass is 9.96. The van der Waals surface area contributed by atoms with Crippen LogP contribution in [0.2, 0.25) is 0 Å². The highest BCUT2D eigenvalue weighted by molar-refractivity contribution is 5.38. The Morgan fingerprint density at radius 3 is 2.76 bits per heavy atom. The van der Waals surface area contributed by atoms with Gasteiger partial charge in [0.05, 0.1) is 18.5 Å². The average molecular weight is 339 g/mol. The SMILES string of the molecule is COc1ccc2nnc(C3CCN(Cc4cncc(C)n4)CC3)n2n1. The minimum atomic E-state index is 0.356. The number of hydrogen-bond donors (Lipinski definition) is 0. The van der Waals surface area contributed by atoms with Crippen LogP contribution in [-0.4, -0.2) is 54.9 Å². The Morgan fingerprint density at radius 2 is 2.00 bits per heavy atom. The smallest absolute Gasteiger partial charge is 0.231 e. The molecule has 0 aliphatic carbocycles. The number of methoxy groups -OCH3 is 1. The van der Waals surface area contributed by atoms with Gasteiger partial charge >= 0.3 is 0 Å². The van der Waals surface area contributed by atoms with Gasteiger partial charge in [0.2, 0.25) is 5.88 Å². The second kappa shape index (κ2) is 6.72. The number of piperidine rings is 1. The van der Waals surface area contributed by atoms with Gasteiger partial charge < -0.3 is 4.74 Å². The summed E-state index contributed by atoms with van der Waals surface area (Å²) in [7, 11) is 1.62. The van der Waals surface area contributed by atoms with E-state index in [2.05, 4.69) is 30.2 Å². The van der Waals surface area contributed by atoms with Crippen molar-refractivity contribution in [3.05, 3.63) is 41.7 Å². The molecule has 3 aromatic rings. The first-order valence-electron chi connectivity index (χ1n) is 8.49. The Labute approximate surface area is 145 Å². The van der Waals surface area contributed by atoms with Crippen molar-refractivity contribution in [2.75, 3.05) is 20.2 Å². The van der Waals surface area contributed by atoms with Crippen LogP contribution in [0.25, 0.3) is 5.65 Å². The Bertz CT molecular complexity index is 870. The van der Waals surface area contributed by atoms with Crippen LogP contribution in [0.15, 0.2) is 24.5 Å². The Morgan fingerprint density at radius 1 is 1.16 bits per heavy atom. The zero-order valence-electron chi connectivity index (χ0n) is 14.5. The lowest BCUT2D eigenvalue weighted by molar-refractivity contribution is 0.198. The van der Waals surface area contributed by atoms with E-state index < -0.39 is 0 Å². The van der Waals surface area contributed by atoms with E-state index in [0.717, 1.165) is 55.3 Å². The second-order valence-corrected chi connectivity index (χ2v) is 6.41. The number of rotatable bonds is 4. The summed E-state index contributed by atoms with van der Waals surface area (Å²) in [5.41, 5.74) is 2.74. The van der Waals surface area contributed by atoms with Crippen molar-refractivity contribution in [1.82, 2.24) is 34.7 Å². The average Bonchev–Trinajstić information content (AvgIpc) is 3.05. The molecule has 0 N–H and O–H groups in total. The molecule has 130 valence electrons. The van der Waals surface area contributed by atoms with Gasteiger partial charge in [-0.3, -0.25) is 14.9 Å². The zero-order chi connectivity index (χ0) is 17.2. The fourth-order valence-electron chi connectivity index (χ4n) is 3.32. The van der Waals surface area contributed by atoms with Crippen LogP contribution in [0.4, 0.5) is 0 Å². The van der Waals surface area contributed by atoms with Gasteiger partial charge in [0.1, 0.15) is 0 Å². The minimum Gasteiger partial charge on any atom is -0.480 e. The van der Waals surface area contributed by atoms with Gasteiger partial charge in [-0.1, -0.05) is 0 Å². The third-order valence-electron chi connectivity index (χ3n) is 4.61. The molecular weight excluding hydrogens is 318 g/mol. The number of fused-ring (bicyclic) bond motifs is 1. The van der Waals surface area contributed by atoms with Gasteiger partial charge in [-0.2, -0.15) is 4.52 Å². The number of ether oxygens (including phenoxy) is 1. The molecule has 1 fully saturated rings. The molecule has 0 radical (unpaired) electrons. The van der Waals surface area contributed by atoms with E-state index in [-0.39, 0.29) is 0 Å². The van der Waals surface area contributed by atoms with E-state index in [0.29, 0.717) is 11.8 Å². The molecular formula is C17H21N7O. The normalized spacial score (nSPS) is 16.4. The van der Waals surface area contributed by atoms with Crippen LogP contribution < -0.4 is 4.74 Å². The standard InChI is InChI=1S/C17H21N7O/c1-12-9-18-10-14(19-12)11-23-7-5-13(6-8-23)17-21-20-15-3-4-16(25-2)22-24(15)17/h3-4,9-10,13H,5-8,11H2,1-2H3. The Balaban J connectivity index is 1.45. The highest BCUT2D eigenvalue weighted by Gasteiger charge is 2.25. The Hall–Kier alpha value is -2.61. The van der Waals surface area contributed by atoms with E-state index in [1.807, 2.05) is 23.7 Å². The highest BCUT2D eigenvalue weighted by Crippen LogP contribution is 2.27. The summed E-state index contributed by atoms with van der Waals surface area (Å²) in [4.78, 5) is 11.2. The molecule has 3 aromatic heterocycles. The van der Waals surface area contributed by atoms with Gasteiger partial charge in [0, 0.05) is 30.9 Å². The van der Waals surface area contributed by atoms with Crippen LogP contribution in [0, 0.1) is 6.92 Å². The molecule has 1 aliphatic rings.